The Morgan fingerprint density at radius 1 is 1.37 bits per heavy atom. The van der Waals surface area contributed by atoms with Crippen molar-refractivity contribution in [3.63, 3.8) is 0 Å². The summed E-state index contributed by atoms with van der Waals surface area (Å²) in [5.41, 5.74) is 0. The number of hydrogen-bond acceptors (Lipinski definition) is 5. The summed E-state index contributed by atoms with van der Waals surface area (Å²) < 4.78 is 5.57. The maximum absolute atomic E-state index is 11.4. The lowest BCUT2D eigenvalue weighted by Gasteiger charge is -2.22. The topological polar surface area (TPSA) is 108 Å². The molecule has 110 valence electrons. The Bertz CT molecular complexity index is 292. The van der Waals surface area contributed by atoms with Gasteiger partial charge in [0.2, 0.25) is 5.91 Å². The summed E-state index contributed by atoms with van der Waals surface area (Å²) in [6.07, 6.45) is 0.997. The smallest absolute Gasteiger partial charge is 0.332 e. The van der Waals surface area contributed by atoms with Crippen LogP contribution in [0.1, 0.15) is 25.7 Å². The van der Waals surface area contributed by atoms with E-state index in [-0.39, 0.29) is 31.4 Å². The van der Waals surface area contributed by atoms with Crippen molar-refractivity contribution in [1.82, 2.24) is 10.6 Å². The van der Waals surface area contributed by atoms with Crippen LogP contribution in [0.4, 0.5) is 0 Å². The van der Waals surface area contributed by atoms with E-state index in [1.54, 1.807) is 0 Å². The number of carboxylic acid groups (broad SMARTS) is 1. The number of ether oxygens (including phenoxy) is 1. The van der Waals surface area contributed by atoms with Crippen LogP contribution in [-0.4, -0.2) is 60.5 Å². The second-order valence-electron chi connectivity index (χ2n) is 4.56. The van der Waals surface area contributed by atoms with Crippen LogP contribution < -0.4 is 10.6 Å². The molecule has 0 aromatic carbocycles. The van der Waals surface area contributed by atoms with E-state index in [9.17, 15) is 9.59 Å². The molecule has 0 spiro atoms. The number of aliphatic carboxylic acids is 1. The van der Waals surface area contributed by atoms with Gasteiger partial charge in [-0.05, 0) is 25.9 Å². The van der Waals surface area contributed by atoms with Gasteiger partial charge in [-0.3, -0.25) is 4.79 Å². The number of carboxylic acids is 1. The highest BCUT2D eigenvalue weighted by molar-refractivity contribution is 5.76. The predicted octanol–water partition coefficient (Wildman–Crippen LogP) is -0.903. The molecular formula is C12H22N2O5. The SMILES string of the molecule is O=C(CCOC1CCNCC1)NCC[C@H](O)C(=O)O. The quantitative estimate of drug-likeness (QED) is 0.457. The molecule has 19 heavy (non-hydrogen) atoms. The van der Waals surface area contributed by atoms with E-state index in [2.05, 4.69) is 10.6 Å². The normalized spacial score (nSPS) is 17.9. The number of aliphatic hydroxyl groups is 1. The van der Waals surface area contributed by atoms with Crippen LogP contribution in [0.3, 0.4) is 0 Å². The lowest BCUT2D eigenvalue weighted by Crippen LogP contribution is -2.34. The van der Waals surface area contributed by atoms with Crippen molar-refractivity contribution in [3.05, 3.63) is 0 Å². The van der Waals surface area contributed by atoms with Crippen LogP contribution in [0.2, 0.25) is 0 Å². The first-order valence-electron chi connectivity index (χ1n) is 6.59. The van der Waals surface area contributed by atoms with E-state index in [0.29, 0.717) is 6.61 Å². The van der Waals surface area contributed by atoms with E-state index in [0.717, 1.165) is 25.9 Å². The van der Waals surface area contributed by atoms with E-state index in [1.807, 2.05) is 0 Å². The van der Waals surface area contributed by atoms with Crippen LogP contribution in [0.25, 0.3) is 0 Å². The number of rotatable bonds is 8. The summed E-state index contributed by atoms with van der Waals surface area (Å²) in [6, 6.07) is 0. The van der Waals surface area contributed by atoms with Crippen LogP contribution in [-0.2, 0) is 14.3 Å². The zero-order valence-corrected chi connectivity index (χ0v) is 10.9. The Hall–Kier alpha value is -1.18. The van der Waals surface area contributed by atoms with Crippen molar-refractivity contribution in [2.45, 2.75) is 37.9 Å². The first-order valence-corrected chi connectivity index (χ1v) is 6.59. The number of nitrogens with one attached hydrogen (secondary N) is 2. The van der Waals surface area contributed by atoms with Gasteiger partial charge < -0.3 is 25.6 Å². The molecule has 0 unspecified atom stereocenters. The number of carbonyl (C=O) groups is 2. The molecule has 0 aromatic heterocycles. The van der Waals surface area contributed by atoms with Gasteiger partial charge in [0, 0.05) is 19.4 Å². The number of amides is 1. The van der Waals surface area contributed by atoms with Gasteiger partial charge >= 0.3 is 5.97 Å². The number of aliphatic hydroxyl groups excluding tert-OH is 1. The fraction of sp³-hybridized carbons (Fsp3) is 0.833. The molecule has 1 saturated heterocycles. The molecule has 4 N–H and O–H groups in total. The predicted molar refractivity (Wildman–Crippen MR) is 67.7 cm³/mol. The largest absolute Gasteiger partial charge is 0.479 e. The highest BCUT2D eigenvalue weighted by atomic mass is 16.5. The third-order valence-corrected chi connectivity index (χ3v) is 2.99. The zero-order chi connectivity index (χ0) is 14.1. The van der Waals surface area contributed by atoms with Crippen molar-refractivity contribution in [2.75, 3.05) is 26.2 Å². The van der Waals surface area contributed by atoms with E-state index in [1.165, 1.54) is 0 Å². The minimum Gasteiger partial charge on any atom is -0.479 e. The monoisotopic (exact) mass is 274 g/mol. The molecular weight excluding hydrogens is 252 g/mol. The molecule has 0 saturated carbocycles. The van der Waals surface area contributed by atoms with Gasteiger partial charge in [-0.2, -0.15) is 0 Å². The number of hydrogen-bond donors (Lipinski definition) is 4. The maximum atomic E-state index is 11.4. The lowest BCUT2D eigenvalue weighted by molar-refractivity contribution is -0.147. The Morgan fingerprint density at radius 2 is 2.05 bits per heavy atom. The molecule has 1 heterocycles. The fourth-order valence-corrected chi connectivity index (χ4v) is 1.84. The van der Waals surface area contributed by atoms with Gasteiger partial charge in [0.15, 0.2) is 6.10 Å². The Kier molecular flexibility index (Phi) is 7.39. The Labute approximate surface area is 112 Å². The molecule has 7 nitrogen and oxygen atoms in total. The molecule has 1 rings (SSSR count). The molecule has 1 atom stereocenters. The van der Waals surface area contributed by atoms with Crippen LogP contribution in [0.5, 0.6) is 0 Å². The standard InChI is InChI=1S/C12H22N2O5/c15-10(12(17)18)3-7-14-11(16)4-8-19-9-1-5-13-6-2-9/h9-10,13,15H,1-8H2,(H,14,16)(H,17,18)/t10-/m0/s1. The van der Waals surface area contributed by atoms with Crippen molar-refractivity contribution in [2.24, 2.45) is 0 Å². The van der Waals surface area contributed by atoms with Crippen molar-refractivity contribution in [3.8, 4) is 0 Å². The summed E-state index contributed by atoms with van der Waals surface area (Å²) in [5, 5.41) is 23.2. The molecule has 0 radical (unpaired) electrons. The summed E-state index contributed by atoms with van der Waals surface area (Å²) in [4.78, 5) is 21.7. The lowest BCUT2D eigenvalue weighted by atomic mass is 10.1. The van der Waals surface area contributed by atoms with E-state index in [4.69, 9.17) is 14.9 Å². The maximum Gasteiger partial charge on any atom is 0.332 e. The number of carbonyl (C=O) groups excluding carboxylic acids is 1. The minimum atomic E-state index is -1.42. The van der Waals surface area contributed by atoms with Crippen molar-refractivity contribution < 1.29 is 24.5 Å². The third-order valence-electron chi connectivity index (χ3n) is 2.99. The van der Waals surface area contributed by atoms with Crippen molar-refractivity contribution >= 4 is 11.9 Å². The molecule has 0 aromatic rings. The van der Waals surface area contributed by atoms with Crippen LogP contribution in [0.15, 0.2) is 0 Å². The van der Waals surface area contributed by atoms with Gasteiger partial charge in [-0.25, -0.2) is 4.79 Å². The molecule has 0 bridgehead atoms. The summed E-state index contributed by atoms with van der Waals surface area (Å²) >= 11 is 0. The number of piperidine rings is 1. The molecule has 1 aliphatic rings. The van der Waals surface area contributed by atoms with Gasteiger partial charge in [-0.1, -0.05) is 0 Å². The second-order valence-corrected chi connectivity index (χ2v) is 4.56. The van der Waals surface area contributed by atoms with Crippen molar-refractivity contribution in [1.29, 1.82) is 0 Å². The molecule has 1 fully saturated rings. The Morgan fingerprint density at radius 3 is 2.68 bits per heavy atom. The summed E-state index contributed by atoms with van der Waals surface area (Å²) in [5.74, 6) is -1.46. The zero-order valence-electron chi connectivity index (χ0n) is 10.9. The van der Waals surface area contributed by atoms with E-state index < -0.39 is 12.1 Å². The first-order chi connectivity index (χ1) is 9.09. The fourth-order valence-electron chi connectivity index (χ4n) is 1.84. The van der Waals surface area contributed by atoms with Crippen LogP contribution in [0, 0.1) is 0 Å². The molecule has 1 amide bonds. The average molecular weight is 274 g/mol. The van der Waals surface area contributed by atoms with Crippen LogP contribution >= 0.6 is 0 Å². The first kappa shape index (κ1) is 15.9. The average Bonchev–Trinajstić information content (AvgIpc) is 2.39. The van der Waals surface area contributed by atoms with Gasteiger partial charge in [0.05, 0.1) is 12.7 Å². The minimum absolute atomic E-state index is 0.0101. The third kappa shape index (κ3) is 7.09. The molecule has 1 aliphatic heterocycles. The van der Waals surface area contributed by atoms with Gasteiger partial charge in [0.1, 0.15) is 0 Å². The molecule has 0 aliphatic carbocycles. The van der Waals surface area contributed by atoms with E-state index >= 15 is 0 Å². The Balaban J connectivity index is 1.99. The highest BCUT2D eigenvalue weighted by Gasteiger charge is 2.14. The second kappa shape index (κ2) is 8.84. The summed E-state index contributed by atoms with van der Waals surface area (Å²) in [6.45, 7) is 2.42. The molecule has 7 heteroatoms. The van der Waals surface area contributed by atoms with Gasteiger partial charge in [-0.15, -0.1) is 0 Å². The van der Waals surface area contributed by atoms with Gasteiger partial charge in [0.25, 0.3) is 0 Å². The highest BCUT2D eigenvalue weighted by Crippen LogP contribution is 2.07. The summed E-state index contributed by atoms with van der Waals surface area (Å²) in [7, 11) is 0.